The van der Waals surface area contributed by atoms with Crippen molar-refractivity contribution in [3.05, 3.63) is 74.6 Å². The number of aromatic nitrogens is 3. The lowest BCUT2D eigenvalue weighted by Gasteiger charge is -2.08. The molecule has 0 unspecified atom stereocenters. The molecule has 0 aliphatic heterocycles. The number of carbonyl (C=O) groups excluding carboxylic acids is 1. The van der Waals surface area contributed by atoms with E-state index in [1.54, 1.807) is 18.2 Å². The molecule has 3 aromatic rings. The molecule has 1 aromatic heterocycles. The van der Waals surface area contributed by atoms with Crippen LogP contribution >= 0.6 is 11.6 Å². The highest BCUT2D eigenvalue weighted by molar-refractivity contribution is 6.31. The lowest BCUT2D eigenvalue weighted by Crippen LogP contribution is -2.17. The molecule has 0 atom stereocenters. The third-order valence-electron chi connectivity index (χ3n) is 3.91. The monoisotopic (exact) mass is 430 g/mol. The van der Waals surface area contributed by atoms with Crippen molar-refractivity contribution in [3.8, 4) is 11.5 Å². The van der Waals surface area contributed by atoms with Crippen LogP contribution in [-0.2, 0) is 6.54 Å². The second-order valence-electron chi connectivity index (χ2n) is 5.93. The molecule has 154 valence electrons. The number of aromatic hydroxyl groups is 1. The van der Waals surface area contributed by atoms with Crippen LogP contribution in [0.3, 0.4) is 0 Å². The molecule has 0 aliphatic carbocycles. The number of benzene rings is 2. The summed E-state index contributed by atoms with van der Waals surface area (Å²) in [6, 6.07) is 9.21. The molecule has 0 saturated heterocycles. The molecular formula is C18H15ClN6O5. The van der Waals surface area contributed by atoms with Gasteiger partial charge in [-0.05, 0) is 46.9 Å². The van der Waals surface area contributed by atoms with Gasteiger partial charge in [-0.1, -0.05) is 16.6 Å². The first-order valence-electron chi connectivity index (χ1n) is 8.40. The van der Waals surface area contributed by atoms with Crippen molar-refractivity contribution in [2.24, 2.45) is 5.10 Å². The van der Waals surface area contributed by atoms with Crippen molar-refractivity contribution >= 4 is 29.7 Å². The molecule has 11 nitrogen and oxygen atoms in total. The van der Waals surface area contributed by atoms with Gasteiger partial charge in [-0.25, -0.2) is 5.43 Å². The van der Waals surface area contributed by atoms with E-state index in [0.29, 0.717) is 21.9 Å². The zero-order chi connectivity index (χ0) is 21.7. The first-order chi connectivity index (χ1) is 14.4. The molecule has 0 bridgehead atoms. The first kappa shape index (κ1) is 20.7. The topological polar surface area (TPSA) is 145 Å². The quantitative estimate of drug-likeness (QED) is 0.332. The van der Waals surface area contributed by atoms with Gasteiger partial charge in [0.05, 0.1) is 25.4 Å². The smallest absolute Gasteiger partial charge is 0.490 e. The molecule has 3 rings (SSSR count). The number of rotatable bonds is 7. The standard InChI is InChI=1S/C18H15ClN6O5/c1-30-16-5-2-11(6-12(16)9-24-10-20-18(23-24)25(28)29)8-21-22-17(27)14-7-13(19)3-4-15(14)26/h2-8,10,26H,9H2,1H3,(H,22,27)/b21-8+. The number of nitro groups is 1. The van der Waals surface area contributed by atoms with Crippen LogP contribution in [0.4, 0.5) is 5.95 Å². The summed E-state index contributed by atoms with van der Waals surface area (Å²) < 4.78 is 6.61. The van der Waals surface area contributed by atoms with Crippen LogP contribution in [0.1, 0.15) is 21.5 Å². The van der Waals surface area contributed by atoms with E-state index in [-0.39, 0.29) is 17.9 Å². The summed E-state index contributed by atoms with van der Waals surface area (Å²) in [5.74, 6) is -0.812. The number of amides is 1. The Morgan fingerprint density at radius 2 is 2.20 bits per heavy atom. The van der Waals surface area contributed by atoms with E-state index >= 15 is 0 Å². The molecule has 0 saturated carbocycles. The summed E-state index contributed by atoms with van der Waals surface area (Å²) in [5.41, 5.74) is 3.58. The average Bonchev–Trinajstić information content (AvgIpc) is 3.19. The third kappa shape index (κ3) is 4.89. The number of carbonyl (C=O) groups is 1. The second kappa shape index (κ2) is 9.01. The van der Waals surface area contributed by atoms with Gasteiger partial charge in [-0.2, -0.15) is 9.78 Å². The summed E-state index contributed by atoms with van der Waals surface area (Å²) in [4.78, 5) is 25.8. The molecule has 0 fully saturated rings. The highest BCUT2D eigenvalue weighted by Crippen LogP contribution is 2.22. The van der Waals surface area contributed by atoms with E-state index in [4.69, 9.17) is 16.3 Å². The summed E-state index contributed by atoms with van der Waals surface area (Å²) in [6.45, 7) is 0.175. The molecule has 0 spiro atoms. The van der Waals surface area contributed by atoms with Gasteiger partial charge >= 0.3 is 5.95 Å². The van der Waals surface area contributed by atoms with Gasteiger partial charge in [0.2, 0.25) is 6.33 Å². The number of hydrazone groups is 1. The van der Waals surface area contributed by atoms with Crippen molar-refractivity contribution in [1.82, 2.24) is 20.2 Å². The lowest BCUT2D eigenvalue weighted by molar-refractivity contribution is -0.394. The van der Waals surface area contributed by atoms with E-state index in [0.717, 1.165) is 0 Å². The van der Waals surface area contributed by atoms with E-state index in [1.807, 2.05) is 0 Å². The molecule has 0 aliphatic rings. The number of phenols is 1. The molecular weight excluding hydrogens is 416 g/mol. The zero-order valence-electron chi connectivity index (χ0n) is 15.5. The molecule has 2 N–H and O–H groups in total. The number of ether oxygens (including phenoxy) is 1. The van der Waals surface area contributed by atoms with Crippen LogP contribution in [0, 0.1) is 10.1 Å². The normalized spacial score (nSPS) is 10.9. The summed E-state index contributed by atoms with van der Waals surface area (Å²) in [5, 5.41) is 28.4. The fourth-order valence-electron chi connectivity index (χ4n) is 2.54. The van der Waals surface area contributed by atoms with Gasteiger partial charge < -0.3 is 20.0 Å². The molecule has 0 radical (unpaired) electrons. The average molecular weight is 431 g/mol. The predicted octanol–water partition coefficient (Wildman–Crippen LogP) is 2.37. The lowest BCUT2D eigenvalue weighted by atomic mass is 10.1. The Morgan fingerprint density at radius 1 is 1.40 bits per heavy atom. The van der Waals surface area contributed by atoms with Gasteiger partial charge in [-0.3, -0.25) is 4.79 Å². The maximum absolute atomic E-state index is 12.1. The number of halogens is 1. The Labute approximate surface area is 174 Å². The van der Waals surface area contributed by atoms with Crippen molar-refractivity contribution in [2.45, 2.75) is 6.54 Å². The van der Waals surface area contributed by atoms with Gasteiger partial charge in [0.25, 0.3) is 5.91 Å². The van der Waals surface area contributed by atoms with Crippen LogP contribution in [0.15, 0.2) is 47.8 Å². The van der Waals surface area contributed by atoms with Crippen molar-refractivity contribution in [1.29, 1.82) is 0 Å². The summed E-state index contributed by atoms with van der Waals surface area (Å²) in [7, 11) is 1.49. The minimum absolute atomic E-state index is 0.0113. The number of nitrogens with one attached hydrogen (secondary N) is 1. The Balaban J connectivity index is 1.74. The Hall–Kier alpha value is -3.99. The van der Waals surface area contributed by atoms with Crippen LogP contribution in [-0.4, -0.2) is 44.0 Å². The van der Waals surface area contributed by atoms with Gasteiger partial charge in [-0.15, -0.1) is 0 Å². The van der Waals surface area contributed by atoms with Crippen LogP contribution in [0.5, 0.6) is 11.5 Å². The van der Waals surface area contributed by atoms with Crippen LogP contribution in [0.25, 0.3) is 0 Å². The largest absolute Gasteiger partial charge is 0.507 e. The molecule has 30 heavy (non-hydrogen) atoms. The molecule has 12 heteroatoms. The highest BCUT2D eigenvalue weighted by atomic mass is 35.5. The fraction of sp³-hybridized carbons (Fsp3) is 0.111. The number of hydrogen-bond donors (Lipinski definition) is 2. The molecule has 1 amide bonds. The van der Waals surface area contributed by atoms with Crippen molar-refractivity contribution < 1.29 is 19.6 Å². The van der Waals surface area contributed by atoms with E-state index in [9.17, 15) is 20.0 Å². The van der Waals surface area contributed by atoms with E-state index in [1.165, 1.54) is 42.5 Å². The maximum Gasteiger partial charge on any atom is 0.490 e. The number of hydrogen-bond acceptors (Lipinski definition) is 8. The zero-order valence-corrected chi connectivity index (χ0v) is 16.3. The highest BCUT2D eigenvalue weighted by Gasteiger charge is 2.15. The first-order valence-corrected chi connectivity index (χ1v) is 8.78. The minimum atomic E-state index is -0.683. The Bertz CT molecular complexity index is 1130. The van der Waals surface area contributed by atoms with Gasteiger partial charge in [0.1, 0.15) is 11.5 Å². The number of nitrogens with zero attached hydrogens (tertiary/aromatic N) is 5. The third-order valence-corrected chi connectivity index (χ3v) is 4.14. The summed E-state index contributed by atoms with van der Waals surface area (Å²) >= 11 is 5.83. The van der Waals surface area contributed by atoms with Crippen molar-refractivity contribution in [2.75, 3.05) is 7.11 Å². The van der Waals surface area contributed by atoms with E-state index < -0.39 is 16.8 Å². The fourth-order valence-corrected chi connectivity index (χ4v) is 2.71. The SMILES string of the molecule is COc1ccc(/C=N/NC(=O)c2cc(Cl)ccc2O)cc1Cn1cnc([N+](=O)[O-])n1. The maximum atomic E-state index is 12.1. The van der Waals surface area contributed by atoms with Crippen LogP contribution in [0.2, 0.25) is 5.02 Å². The number of methoxy groups -OCH3 is 1. The van der Waals surface area contributed by atoms with E-state index in [2.05, 4.69) is 20.6 Å². The van der Waals surface area contributed by atoms with Crippen LogP contribution < -0.4 is 10.2 Å². The summed E-state index contributed by atoms with van der Waals surface area (Å²) in [6.07, 6.45) is 2.64. The molecule has 2 aromatic carbocycles. The number of phenolic OH excluding ortho intramolecular Hbond substituents is 1. The molecule has 1 heterocycles. The Kier molecular flexibility index (Phi) is 6.23. The Morgan fingerprint density at radius 3 is 2.90 bits per heavy atom. The predicted molar refractivity (Wildman–Crippen MR) is 107 cm³/mol. The van der Waals surface area contributed by atoms with Crippen molar-refractivity contribution in [3.63, 3.8) is 0 Å². The minimum Gasteiger partial charge on any atom is -0.507 e. The van der Waals surface area contributed by atoms with Gasteiger partial charge in [0.15, 0.2) is 0 Å². The van der Waals surface area contributed by atoms with Gasteiger partial charge in [0, 0.05) is 15.7 Å². The second-order valence-corrected chi connectivity index (χ2v) is 6.37.